The van der Waals surface area contributed by atoms with Crippen molar-refractivity contribution in [2.24, 2.45) is 5.92 Å². The van der Waals surface area contributed by atoms with Crippen molar-refractivity contribution in [3.63, 3.8) is 0 Å². The minimum absolute atomic E-state index is 0.150. The van der Waals surface area contributed by atoms with Crippen molar-refractivity contribution < 1.29 is 9.29 Å². The molecule has 24 heavy (non-hydrogen) atoms. The number of benzene rings is 1. The smallest absolute Gasteiger partial charge is 0.137 e. The highest BCUT2D eigenvalue weighted by Gasteiger charge is 2.48. The van der Waals surface area contributed by atoms with Crippen LogP contribution in [-0.2, 0) is 22.6 Å². The minimum Gasteiger partial charge on any atom is -0.597 e. The quantitative estimate of drug-likeness (QED) is 0.715. The van der Waals surface area contributed by atoms with Gasteiger partial charge in [0.25, 0.3) is 0 Å². The third kappa shape index (κ3) is 4.35. The number of rotatable bonds is 6. The van der Waals surface area contributed by atoms with E-state index in [0.29, 0.717) is 5.92 Å². The normalized spacial score (nSPS) is 23.8. The molecule has 1 saturated carbocycles. The summed E-state index contributed by atoms with van der Waals surface area (Å²) in [6, 6.07) is 10.6. The Morgan fingerprint density at radius 2 is 1.92 bits per heavy atom. The molecule has 0 bridgehead atoms. The standard InChI is InChI=1S/C20H29NO2S/c1-20(2,3)24(22)21(15-16-9-5-4-6-10-16)19(17-12-13-17)18-11-7-8-14-23-18/h4-6,8-10,14,17-19H,7,11-13,15H2,1-3H3/t18-,19-,24-/m0/s1. The molecule has 1 aromatic rings. The van der Waals surface area contributed by atoms with Crippen LogP contribution in [0.1, 0.15) is 52.0 Å². The van der Waals surface area contributed by atoms with Crippen LogP contribution in [0.15, 0.2) is 42.7 Å². The molecule has 3 rings (SSSR count). The molecule has 3 nitrogen and oxygen atoms in total. The Morgan fingerprint density at radius 3 is 2.46 bits per heavy atom. The number of hydrogen-bond donors (Lipinski definition) is 0. The molecular weight excluding hydrogens is 318 g/mol. The van der Waals surface area contributed by atoms with Crippen LogP contribution >= 0.6 is 0 Å². The van der Waals surface area contributed by atoms with E-state index in [1.54, 1.807) is 0 Å². The third-order valence-electron chi connectivity index (χ3n) is 4.70. The number of ether oxygens (including phenoxy) is 1. The van der Waals surface area contributed by atoms with Gasteiger partial charge in [-0.3, -0.25) is 0 Å². The molecule has 2 aliphatic rings. The van der Waals surface area contributed by atoms with Crippen molar-refractivity contribution in [1.82, 2.24) is 4.31 Å². The van der Waals surface area contributed by atoms with E-state index in [1.807, 2.05) is 12.3 Å². The van der Waals surface area contributed by atoms with E-state index in [-0.39, 0.29) is 16.9 Å². The first-order valence-corrected chi connectivity index (χ1v) is 10.1. The summed E-state index contributed by atoms with van der Waals surface area (Å²) in [5.74, 6) is 0.608. The summed E-state index contributed by atoms with van der Waals surface area (Å²) in [5.41, 5.74) is 1.21. The Labute approximate surface area is 149 Å². The van der Waals surface area contributed by atoms with Crippen LogP contribution in [0.25, 0.3) is 0 Å². The molecule has 0 unspecified atom stereocenters. The maximum Gasteiger partial charge on any atom is 0.137 e. The van der Waals surface area contributed by atoms with Gasteiger partial charge in [0.05, 0.1) is 18.8 Å². The first-order chi connectivity index (χ1) is 11.5. The first kappa shape index (κ1) is 17.8. The molecule has 0 N–H and O–H groups in total. The van der Waals surface area contributed by atoms with Gasteiger partial charge < -0.3 is 9.29 Å². The lowest BCUT2D eigenvalue weighted by molar-refractivity contribution is 0.0437. The molecule has 1 aliphatic carbocycles. The molecule has 1 aliphatic heterocycles. The van der Waals surface area contributed by atoms with Crippen LogP contribution in [0.4, 0.5) is 0 Å². The average molecular weight is 348 g/mol. The van der Waals surface area contributed by atoms with Crippen LogP contribution in [0, 0.1) is 5.92 Å². The zero-order chi connectivity index (χ0) is 17.2. The minimum atomic E-state index is -1.06. The molecule has 132 valence electrons. The van der Waals surface area contributed by atoms with Gasteiger partial charge in [-0.15, -0.1) is 4.31 Å². The van der Waals surface area contributed by atoms with Gasteiger partial charge in [-0.2, -0.15) is 0 Å². The van der Waals surface area contributed by atoms with E-state index >= 15 is 0 Å². The molecule has 1 fully saturated rings. The first-order valence-electron chi connectivity index (χ1n) is 9.00. The van der Waals surface area contributed by atoms with Crippen molar-refractivity contribution in [2.75, 3.05) is 0 Å². The second kappa shape index (κ2) is 7.51. The van der Waals surface area contributed by atoms with E-state index in [0.717, 1.165) is 19.4 Å². The highest BCUT2D eigenvalue weighted by molar-refractivity contribution is 7.90. The molecule has 1 aromatic carbocycles. The van der Waals surface area contributed by atoms with Gasteiger partial charge in [0.2, 0.25) is 0 Å². The van der Waals surface area contributed by atoms with E-state index in [2.05, 4.69) is 55.4 Å². The molecule has 0 amide bonds. The molecule has 0 spiro atoms. The molecule has 1 heterocycles. The second-order valence-corrected chi connectivity index (χ2v) is 10.1. The molecule has 0 saturated heterocycles. The van der Waals surface area contributed by atoms with Crippen LogP contribution in [0.5, 0.6) is 0 Å². The van der Waals surface area contributed by atoms with Crippen LogP contribution in [0.3, 0.4) is 0 Å². The van der Waals surface area contributed by atoms with E-state index in [1.165, 1.54) is 18.4 Å². The lowest BCUT2D eigenvalue weighted by atomic mass is 9.99. The largest absolute Gasteiger partial charge is 0.597 e. The zero-order valence-corrected chi connectivity index (χ0v) is 15.8. The third-order valence-corrected chi connectivity index (χ3v) is 6.55. The lowest BCUT2D eigenvalue weighted by Crippen LogP contribution is -2.53. The molecular formula is C20H29NO2S. The Kier molecular flexibility index (Phi) is 5.58. The highest BCUT2D eigenvalue weighted by Crippen LogP contribution is 2.42. The van der Waals surface area contributed by atoms with Gasteiger partial charge in [0.1, 0.15) is 10.9 Å². The molecule has 4 heteroatoms. The maximum atomic E-state index is 13.3. The van der Waals surface area contributed by atoms with Crippen LogP contribution in [0.2, 0.25) is 0 Å². The molecule has 3 atom stereocenters. The van der Waals surface area contributed by atoms with Gasteiger partial charge in [-0.1, -0.05) is 30.3 Å². The monoisotopic (exact) mass is 347 g/mol. The van der Waals surface area contributed by atoms with Gasteiger partial charge in [-0.05, 0) is 64.0 Å². The fraction of sp³-hybridized carbons (Fsp3) is 0.600. The van der Waals surface area contributed by atoms with E-state index in [4.69, 9.17) is 4.74 Å². The summed E-state index contributed by atoms with van der Waals surface area (Å²) < 4.78 is 21.3. The molecule has 0 radical (unpaired) electrons. The number of hydrogen-bond acceptors (Lipinski definition) is 3. The van der Waals surface area contributed by atoms with Crippen molar-refractivity contribution in [3.05, 3.63) is 48.2 Å². The number of allylic oxidation sites excluding steroid dienone is 1. The van der Waals surface area contributed by atoms with Crippen LogP contribution in [-0.4, -0.2) is 25.8 Å². The van der Waals surface area contributed by atoms with Crippen molar-refractivity contribution in [1.29, 1.82) is 0 Å². The summed E-state index contributed by atoms with van der Waals surface area (Å²) in [7, 11) is 0. The predicted octanol–water partition coefficient (Wildman–Crippen LogP) is 4.42. The predicted molar refractivity (Wildman–Crippen MR) is 99.6 cm³/mol. The van der Waals surface area contributed by atoms with Gasteiger partial charge in [-0.25, -0.2) is 0 Å². The zero-order valence-electron chi connectivity index (χ0n) is 15.0. The SMILES string of the molecule is CC(C)(C)[S@+]([O-])N(Cc1ccccc1)[C@@H](C1CC1)[C@@H]1CCC=CO1. The van der Waals surface area contributed by atoms with Crippen molar-refractivity contribution >= 4 is 11.4 Å². The van der Waals surface area contributed by atoms with E-state index in [9.17, 15) is 4.55 Å². The fourth-order valence-electron chi connectivity index (χ4n) is 3.36. The topological polar surface area (TPSA) is 35.5 Å². The Morgan fingerprint density at radius 1 is 1.21 bits per heavy atom. The summed E-state index contributed by atoms with van der Waals surface area (Å²) >= 11 is -1.06. The van der Waals surface area contributed by atoms with Gasteiger partial charge in [0, 0.05) is 11.4 Å². The fourth-order valence-corrected chi connectivity index (χ4v) is 4.85. The highest BCUT2D eigenvalue weighted by atomic mass is 32.2. The van der Waals surface area contributed by atoms with Crippen molar-refractivity contribution in [3.8, 4) is 0 Å². The van der Waals surface area contributed by atoms with Crippen molar-refractivity contribution in [2.45, 2.75) is 69.9 Å². The Bertz CT molecular complexity index is 551. The van der Waals surface area contributed by atoms with E-state index < -0.39 is 11.4 Å². The summed E-state index contributed by atoms with van der Waals surface area (Å²) in [4.78, 5) is 0. The van der Waals surface area contributed by atoms with Gasteiger partial charge in [0.15, 0.2) is 0 Å². The summed E-state index contributed by atoms with van der Waals surface area (Å²) in [6.07, 6.45) is 8.59. The van der Waals surface area contributed by atoms with Gasteiger partial charge >= 0.3 is 0 Å². The Balaban J connectivity index is 1.87. The molecule has 0 aromatic heterocycles. The maximum absolute atomic E-state index is 13.3. The van der Waals surface area contributed by atoms with Crippen LogP contribution < -0.4 is 0 Å². The summed E-state index contributed by atoms with van der Waals surface area (Å²) in [6.45, 7) is 6.90. The summed E-state index contributed by atoms with van der Waals surface area (Å²) in [5, 5.41) is 0. The number of nitrogens with zero attached hydrogens (tertiary/aromatic N) is 1. The average Bonchev–Trinajstić information content (AvgIpc) is 3.39. The lowest BCUT2D eigenvalue weighted by Gasteiger charge is -2.40. The Hall–Kier alpha value is -0.970. The second-order valence-electron chi connectivity index (χ2n) is 7.87.